The molecule has 0 fully saturated rings. The second-order valence-electron chi connectivity index (χ2n) is 4.22. The number of nitro benzene ring substituents is 1. The van der Waals surface area contributed by atoms with Gasteiger partial charge in [0.25, 0.3) is 5.69 Å². The summed E-state index contributed by atoms with van der Waals surface area (Å²) in [6.45, 7) is 0. The van der Waals surface area contributed by atoms with Gasteiger partial charge in [0.15, 0.2) is 0 Å². The molecule has 2 rings (SSSR count). The highest BCUT2D eigenvalue weighted by Crippen LogP contribution is 2.34. The lowest BCUT2D eigenvalue weighted by atomic mass is 10.0. The maximum Gasteiger partial charge on any atom is 0.272 e. The van der Waals surface area contributed by atoms with Crippen LogP contribution in [0.5, 0.6) is 0 Å². The van der Waals surface area contributed by atoms with Crippen molar-refractivity contribution in [3.8, 4) is 0 Å². The van der Waals surface area contributed by atoms with E-state index in [1.807, 2.05) is 0 Å². The van der Waals surface area contributed by atoms with Crippen molar-refractivity contribution in [2.75, 3.05) is 0 Å². The first-order valence-electron chi connectivity index (χ1n) is 5.80. The number of rotatable bonds is 4. The van der Waals surface area contributed by atoms with Crippen LogP contribution in [0.1, 0.15) is 16.5 Å². The zero-order valence-corrected chi connectivity index (χ0v) is 12.5. The van der Waals surface area contributed by atoms with Crippen molar-refractivity contribution in [2.24, 2.45) is 0 Å². The first-order chi connectivity index (χ1) is 9.49. The molecule has 0 aliphatic carbocycles. The number of hydrogen-bond donors (Lipinski definition) is 0. The summed E-state index contributed by atoms with van der Waals surface area (Å²) in [5, 5.41) is 11.5. The molecule has 1 atom stereocenters. The van der Waals surface area contributed by atoms with Gasteiger partial charge in [-0.05, 0) is 30.2 Å². The zero-order chi connectivity index (χ0) is 14.7. The van der Waals surface area contributed by atoms with Gasteiger partial charge in [-0.2, -0.15) is 0 Å². The van der Waals surface area contributed by atoms with E-state index in [1.54, 1.807) is 36.4 Å². The average molecular weight is 331 g/mol. The van der Waals surface area contributed by atoms with Gasteiger partial charge < -0.3 is 0 Å². The summed E-state index contributed by atoms with van der Waals surface area (Å²) >= 11 is 18.3. The summed E-state index contributed by atoms with van der Waals surface area (Å²) in [7, 11) is 0. The van der Waals surface area contributed by atoms with Crippen molar-refractivity contribution in [3.05, 3.63) is 73.8 Å². The maximum atomic E-state index is 11.0. The molecule has 2 aromatic carbocycles. The van der Waals surface area contributed by atoms with E-state index in [0.29, 0.717) is 27.6 Å². The van der Waals surface area contributed by atoms with E-state index in [-0.39, 0.29) is 5.69 Å². The smallest absolute Gasteiger partial charge is 0.258 e. The molecule has 0 spiro atoms. The van der Waals surface area contributed by atoms with E-state index in [2.05, 4.69) is 0 Å². The third-order valence-electron chi connectivity index (χ3n) is 2.88. The zero-order valence-electron chi connectivity index (χ0n) is 10.2. The Labute approximate surface area is 131 Å². The van der Waals surface area contributed by atoms with Crippen molar-refractivity contribution >= 4 is 40.5 Å². The monoisotopic (exact) mass is 329 g/mol. The molecule has 1 unspecified atom stereocenters. The van der Waals surface area contributed by atoms with Crippen molar-refractivity contribution in [1.29, 1.82) is 0 Å². The molecule has 0 amide bonds. The SMILES string of the molecule is O=[N+]([O-])c1ccccc1CC(Cl)c1cc(Cl)ccc1Cl. The molecule has 0 heterocycles. The molecule has 0 saturated carbocycles. The quantitative estimate of drug-likeness (QED) is 0.426. The number of nitro groups is 1. The lowest BCUT2D eigenvalue weighted by Gasteiger charge is -2.12. The van der Waals surface area contributed by atoms with Gasteiger partial charge in [-0.15, -0.1) is 11.6 Å². The van der Waals surface area contributed by atoms with Gasteiger partial charge in [-0.1, -0.05) is 41.4 Å². The molecule has 0 saturated heterocycles. The standard InChI is InChI=1S/C14H10Cl3NO2/c15-10-5-6-12(16)11(8-10)13(17)7-9-3-1-2-4-14(9)18(19)20/h1-6,8,13H,7H2. The summed E-state index contributed by atoms with van der Waals surface area (Å²) in [6, 6.07) is 11.5. The molecular formula is C14H10Cl3NO2. The number of alkyl halides is 1. The van der Waals surface area contributed by atoms with Crippen LogP contribution in [0, 0.1) is 10.1 Å². The van der Waals surface area contributed by atoms with Gasteiger partial charge in [0, 0.05) is 21.7 Å². The first kappa shape index (κ1) is 15.1. The molecule has 3 nitrogen and oxygen atoms in total. The summed E-state index contributed by atoms with van der Waals surface area (Å²) < 4.78 is 0. The molecule has 20 heavy (non-hydrogen) atoms. The molecule has 0 aromatic heterocycles. The minimum atomic E-state index is -0.484. The molecular weight excluding hydrogens is 321 g/mol. The first-order valence-corrected chi connectivity index (χ1v) is 6.99. The largest absolute Gasteiger partial charge is 0.272 e. The van der Waals surface area contributed by atoms with E-state index in [1.165, 1.54) is 6.07 Å². The van der Waals surface area contributed by atoms with E-state index < -0.39 is 10.3 Å². The van der Waals surface area contributed by atoms with Crippen LogP contribution < -0.4 is 0 Å². The highest BCUT2D eigenvalue weighted by atomic mass is 35.5. The molecule has 0 aliphatic rings. The number of nitrogens with zero attached hydrogens (tertiary/aromatic N) is 1. The number of benzene rings is 2. The molecule has 0 radical (unpaired) electrons. The Hall–Kier alpha value is -1.29. The Kier molecular flexibility index (Phi) is 4.86. The Bertz CT molecular complexity index is 646. The van der Waals surface area contributed by atoms with Gasteiger partial charge in [-0.25, -0.2) is 0 Å². The summed E-state index contributed by atoms with van der Waals surface area (Å²) in [5.74, 6) is 0. The van der Waals surface area contributed by atoms with Gasteiger partial charge in [0.2, 0.25) is 0 Å². The highest BCUT2D eigenvalue weighted by Gasteiger charge is 2.19. The van der Waals surface area contributed by atoms with Gasteiger partial charge in [0.05, 0.1) is 10.3 Å². The molecule has 0 N–H and O–H groups in total. The Morgan fingerprint density at radius 3 is 2.55 bits per heavy atom. The van der Waals surface area contributed by atoms with Gasteiger partial charge in [0.1, 0.15) is 0 Å². The van der Waals surface area contributed by atoms with Crippen molar-refractivity contribution in [1.82, 2.24) is 0 Å². The second kappa shape index (κ2) is 6.44. The van der Waals surface area contributed by atoms with Crippen molar-refractivity contribution in [3.63, 3.8) is 0 Å². The normalized spacial score (nSPS) is 12.2. The van der Waals surface area contributed by atoms with Crippen LogP contribution in [0.15, 0.2) is 42.5 Å². The van der Waals surface area contributed by atoms with Crippen molar-refractivity contribution in [2.45, 2.75) is 11.8 Å². The molecule has 6 heteroatoms. The molecule has 0 bridgehead atoms. The van der Waals surface area contributed by atoms with Gasteiger partial charge in [-0.3, -0.25) is 10.1 Å². The van der Waals surface area contributed by atoms with Gasteiger partial charge >= 0.3 is 0 Å². The topological polar surface area (TPSA) is 43.1 Å². The van der Waals surface area contributed by atoms with Crippen LogP contribution in [-0.4, -0.2) is 4.92 Å². The number of halogens is 3. The number of para-hydroxylation sites is 1. The number of hydrogen-bond acceptors (Lipinski definition) is 2. The summed E-state index contributed by atoms with van der Waals surface area (Å²) in [5.41, 5.74) is 1.28. The van der Waals surface area contributed by atoms with Crippen molar-refractivity contribution < 1.29 is 4.92 Å². The fraction of sp³-hybridized carbons (Fsp3) is 0.143. The Morgan fingerprint density at radius 1 is 1.15 bits per heavy atom. The minimum absolute atomic E-state index is 0.0521. The average Bonchev–Trinajstić information content (AvgIpc) is 2.41. The maximum absolute atomic E-state index is 11.0. The van der Waals surface area contributed by atoms with Crippen LogP contribution in [0.3, 0.4) is 0 Å². The van der Waals surface area contributed by atoms with Crippen LogP contribution in [0.2, 0.25) is 10.0 Å². The van der Waals surface area contributed by atoms with Crippen LogP contribution in [-0.2, 0) is 6.42 Å². The fourth-order valence-electron chi connectivity index (χ4n) is 1.92. The van der Waals surface area contributed by atoms with Crippen LogP contribution >= 0.6 is 34.8 Å². The van der Waals surface area contributed by atoms with E-state index in [0.717, 1.165) is 0 Å². The Balaban J connectivity index is 2.30. The minimum Gasteiger partial charge on any atom is -0.258 e. The fourth-order valence-corrected chi connectivity index (χ4v) is 2.75. The predicted molar refractivity (Wildman–Crippen MR) is 81.9 cm³/mol. The third kappa shape index (κ3) is 3.42. The summed E-state index contributed by atoms with van der Waals surface area (Å²) in [4.78, 5) is 10.6. The lowest BCUT2D eigenvalue weighted by Crippen LogP contribution is -2.01. The molecule has 2 aromatic rings. The third-order valence-corrected chi connectivity index (χ3v) is 3.85. The van der Waals surface area contributed by atoms with E-state index in [4.69, 9.17) is 34.8 Å². The molecule has 104 valence electrons. The van der Waals surface area contributed by atoms with E-state index in [9.17, 15) is 10.1 Å². The summed E-state index contributed by atoms with van der Waals surface area (Å²) in [6.07, 6.45) is 0.304. The van der Waals surface area contributed by atoms with Crippen LogP contribution in [0.25, 0.3) is 0 Å². The van der Waals surface area contributed by atoms with E-state index >= 15 is 0 Å². The second-order valence-corrected chi connectivity index (χ2v) is 5.59. The molecule has 0 aliphatic heterocycles. The highest BCUT2D eigenvalue weighted by molar-refractivity contribution is 6.34. The lowest BCUT2D eigenvalue weighted by molar-refractivity contribution is -0.385. The Morgan fingerprint density at radius 2 is 1.85 bits per heavy atom. The predicted octanol–water partition coefficient (Wildman–Crippen LogP) is 5.42. The van der Waals surface area contributed by atoms with Crippen LogP contribution in [0.4, 0.5) is 5.69 Å².